The van der Waals surface area contributed by atoms with Crippen LogP contribution in [0, 0.1) is 18.6 Å². The van der Waals surface area contributed by atoms with Crippen LogP contribution in [0.3, 0.4) is 0 Å². The van der Waals surface area contributed by atoms with Crippen LogP contribution >= 0.6 is 0 Å². The zero-order chi connectivity index (χ0) is 17.6. The Balaban J connectivity index is 1.59. The quantitative estimate of drug-likeness (QED) is 0.929. The second-order valence-corrected chi connectivity index (χ2v) is 7.02. The molecule has 1 amide bonds. The first-order chi connectivity index (χ1) is 12.0. The van der Waals surface area contributed by atoms with Crippen LogP contribution in [0.1, 0.15) is 35.3 Å². The van der Waals surface area contributed by atoms with Gasteiger partial charge in [-0.15, -0.1) is 0 Å². The number of amides is 1. The molecule has 2 unspecified atom stereocenters. The van der Waals surface area contributed by atoms with Crippen LogP contribution in [0.4, 0.5) is 8.78 Å². The van der Waals surface area contributed by atoms with E-state index in [1.807, 2.05) is 0 Å². The number of nitrogens with one attached hydrogen (secondary N) is 1. The molecule has 2 bridgehead atoms. The molecule has 2 aliphatic heterocycles. The van der Waals surface area contributed by atoms with Crippen molar-refractivity contribution in [3.63, 3.8) is 0 Å². The smallest absolute Gasteiger partial charge is 0.255 e. The minimum Gasteiger partial charge on any atom is -0.345 e. The zero-order valence-corrected chi connectivity index (χ0v) is 14.1. The van der Waals surface area contributed by atoms with Gasteiger partial charge in [-0.3, -0.25) is 4.79 Å². The van der Waals surface area contributed by atoms with Gasteiger partial charge in [0.1, 0.15) is 11.5 Å². The first-order valence-corrected chi connectivity index (χ1v) is 8.52. The summed E-state index contributed by atoms with van der Waals surface area (Å²) in [6.45, 7) is 4.71. The largest absolute Gasteiger partial charge is 0.345 e. The summed E-state index contributed by atoms with van der Waals surface area (Å²) < 4.78 is 28.5. The number of carbonyl (C=O) groups excluding carboxylic acids is 1. The molecule has 0 radical (unpaired) electrons. The van der Waals surface area contributed by atoms with Crippen LogP contribution < -0.4 is 5.32 Å². The van der Waals surface area contributed by atoms with Gasteiger partial charge in [-0.1, -0.05) is 0 Å². The summed E-state index contributed by atoms with van der Waals surface area (Å²) in [6, 6.07) is 3.30. The molecule has 1 N–H and O–H groups in total. The summed E-state index contributed by atoms with van der Waals surface area (Å²) in [5.41, 5.74) is 0.915. The van der Waals surface area contributed by atoms with E-state index in [4.69, 9.17) is 0 Å². The van der Waals surface area contributed by atoms with Crippen molar-refractivity contribution in [3.8, 4) is 5.69 Å². The molecule has 3 heterocycles. The third-order valence-electron chi connectivity index (χ3n) is 5.33. The van der Waals surface area contributed by atoms with Crippen LogP contribution in [-0.2, 0) is 0 Å². The zero-order valence-electron chi connectivity index (χ0n) is 14.1. The van der Waals surface area contributed by atoms with E-state index < -0.39 is 11.6 Å². The highest BCUT2D eigenvalue weighted by atomic mass is 19.1. The number of fused-ring (bicyclic) bond motifs is 2. The minimum atomic E-state index is -0.713. The molecule has 25 heavy (non-hydrogen) atoms. The molecular weight excluding hydrogens is 326 g/mol. The van der Waals surface area contributed by atoms with Gasteiger partial charge < -0.3 is 10.2 Å². The second-order valence-electron chi connectivity index (χ2n) is 7.02. The molecule has 5 nitrogen and oxygen atoms in total. The lowest BCUT2D eigenvalue weighted by Gasteiger charge is -2.34. The molecule has 2 saturated heterocycles. The molecule has 4 rings (SSSR count). The van der Waals surface area contributed by atoms with Gasteiger partial charge in [0, 0.05) is 19.2 Å². The number of halogens is 2. The fraction of sp³-hybridized carbons (Fsp3) is 0.444. The van der Waals surface area contributed by atoms with Crippen molar-refractivity contribution in [2.24, 2.45) is 0 Å². The van der Waals surface area contributed by atoms with Crippen LogP contribution in [0.2, 0.25) is 0 Å². The molecule has 0 spiro atoms. The summed E-state index contributed by atoms with van der Waals surface area (Å²) in [4.78, 5) is 15.1. The van der Waals surface area contributed by atoms with E-state index in [9.17, 15) is 13.6 Å². The normalized spacial score (nSPS) is 25.2. The maximum absolute atomic E-state index is 14.0. The highest BCUT2D eigenvalue weighted by molar-refractivity contribution is 5.95. The SMILES string of the molecule is Cc1c(C(=O)NC23CCCN(CC2)C3)cnn1-c1ccc(F)cc1F. The minimum absolute atomic E-state index is 0.126. The maximum atomic E-state index is 14.0. The Bertz CT molecular complexity index is 830. The van der Waals surface area contributed by atoms with Gasteiger partial charge in [-0.05, 0) is 44.9 Å². The maximum Gasteiger partial charge on any atom is 0.255 e. The highest BCUT2D eigenvalue weighted by Crippen LogP contribution is 2.31. The predicted octanol–water partition coefficient (Wildman–Crippen LogP) is 2.43. The van der Waals surface area contributed by atoms with Crippen molar-refractivity contribution >= 4 is 5.91 Å². The molecule has 2 aliphatic rings. The van der Waals surface area contributed by atoms with Crippen LogP contribution in [0.15, 0.2) is 24.4 Å². The Morgan fingerprint density at radius 2 is 2.12 bits per heavy atom. The molecule has 2 aromatic rings. The lowest BCUT2D eigenvalue weighted by Crippen LogP contribution is -2.52. The lowest BCUT2D eigenvalue weighted by molar-refractivity contribution is 0.0877. The fourth-order valence-electron chi connectivity index (χ4n) is 4.00. The molecule has 1 aromatic carbocycles. The van der Waals surface area contributed by atoms with Gasteiger partial charge in [0.2, 0.25) is 0 Å². The van der Waals surface area contributed by atoms with Gasteiger partial charge in [-0.25, -0.2) is 13.5 Å². The topological polar surface area (TPSA) is 50.2 Å². The molecule has 2 atom stereocenters. The van der Waals surface area contributed by atoms with Gasteiger partial charge in [0.15, 0.2) is 5.82 Å². The van der Waals surface area contributed by atoms with E-state index in [-0.39, 0.29) is 17.1 Å². The van der Waals surface area contributed by atoms with Crippen molar-refractivity contribution in [1.29, 1.82) is 0 Å². The molecule has 2 fully saturated rings. The molecule has 132 valence electrons. The Morgan fingerprint density at radius 3 is 2.92 bits per heavy atom. The third-order valence-corrected chi connectivity index (χ3v) is 5.33. The van der Waals surface area contributed by atoms with E-state index in [2.05, 4.69) is 15.3 Å². The van der Waals surface area contributed by atoms with Gasteiger partial charge in [-0.2, -0.15) is 5.10 Å². The van der Waals surface area contributed by atoms with Crippen LogP contribution in [0.5, 0.6) is 0 Å². The number of aromatic nitrogens is 2. The van der Waals surface area contributed by atoms with Gasteiger partial charge in [0.05, 0.1) is 23.0 Å². The summed E-state index contributed by atoms with van der Waals surface area (Å²) in [5.74, 6) is -1.54. The van der Waals surface area contributed by atoms with Crippen molar-refractivity contribution in [3.05, 3.63) is 47.3 Å². The standard InChI is InChI=1S/C18H20F2N4O/c1-12-14(10-21-24(12)16-4-3-13(19)9-15(16)20)17(25)22-18-5-2-7-23(11-18)8-6-18/h3-4,9-10H,2,5-8,11H2,1H3,(H,22,25). The monoisotopic (exact) mass is 346 g/mol. The number of rotatable bonds is 3. The number of nitrogens with zero attached hydrogens (tertiary/aromatic N) is 3. The Labute approximate surface area is 144 Å². The van der Waals surface area contributed by atoms with Gasteiger partial charge in [0.25, 0.3) is 5.91 Å². The number of carbonyl (C=O) groups is 1. The van der Waals surface area contributed by atoms with E-state index in [0.717, 1.165) is 45.0 Å². The summed E-state index contributed by atoms with van der Waals surface area (Å²) in [6.07, 6.45) is 4.46. The van der Waals surface area contributed by atoms with E-state index in [1.54, 1.807) is 6.92 Å². The Hall–Kier alpha value is -2.28. The second kappa shape index (κ2) is 5.91. The Morgan fingerprint density at radius 1 is 1.28 bits per heavy atom. The highest BCUT2D eigenvalue weighted by Gasteiger charge is 2.42. The van der Waals surface area contributed by atoms with Crippen LogP contribution in [-0.4, -0.2) is 45.8 Å². The number of piperidine rings is 1. The molecular formula is C18H20F2N4O. The van der Waals surface area contributed by atoms with Gasteiger partial charge >= 0.3 is 0 Å². The fourth-order valence-corrected chi connectivity index (χ4v) is 4.00. The van der Waals surface area contributed by atoms with Crippen molar-refractivity contribution in [1.82, 2.24) is 20.0 Å². The van der Waals surface area contributed by atoms with Crippen LogP contribution in [0.25, 0.3) is 5.69 Å². The van der Waals surface area contributed by atoms with E-state index in [1.165, 1.54) is 23.0 Å². The van der Waals surface area contributed by atoms with Crippen molar-refractivity contribution in [2.75, 3.05) is 19.6 Å². The molecule has 0 aliphatic carbocycles. The van der Waals surface area contributed by atoms with E-state index >= 15 is 0 Å². The van der Waals surface area contributed by atoms with E-state index in [0.29, 0.717) is 11.3 Å². The number of hydrogen-bond donors (Lipinski definition) is 1. The number of benzene rings is 1. The average molecular weight is 346 g/mol. The third kappa shape index (κ3) is 2.82. The first kappa shape index (κ1) is 16.2. The predicted molar refractivity (Wildman–Crippen MR) is 88.7 cm³/mol. The lowest BCUT2D eigenvalue weighted by atomic mass is 9.90. The molecule has 7 heteroatoms. The Kier molecular flexibility index (Phi) is 3.83. The average Bonchev–Trinajstić information content (AvgIpc) is 3.08. The number of hydrogen-bond acceptors (Lipinski definition) is 3. The molecule has 0 saturated carbocycles. The summed E-state index contributed by atoms with van der Waals surface area (Å²) in [7, 11) is 0. The molecule has 1 aromatic heterocycles. The first-order valence-electron chi connectivity index (χ1n) is 8.52. The summed E-state index contributed by atoms with van der Waals surface area (Å²) >= 11 is 0. The van der Waals surface area contributed by atoms with Crippen molar-refractivity contribution < 1.29 is 13.6 Å². The van der Waals surface area contributed by atoms with Crippen molar-refractivity contribution in [2.45, 2.75) is 31.7 Å². The summed E-state index contributed by atoms with van der Waals surface area (Å²) in [5, 5.41) is 7.31.